The maximum absolute atomic E-state index is 12.6. The molecule has 0 spiro atoms. The van der Waals surface area contributed by atoms with Gasteiger partial charge in [0.2, 0.25) is 5.91 Å². The van der Waals surface area contributed by atoms with Gasteiger partial charge < -0.3 is 4.90 Å². The molecule has 148 valence electrons. The molecule has 2 aliphatic rings. The minimum Gasteiger partial charge on any atom is -0.342 e. The number of hydrogen-bond donors (Lipinski definition) is 0. The van der Waals surface area contributed by atoms with Crippen molar-refractivity contribution in [3.8, 4) is 0 Å². The van der Waals surface area contributed by atoms with Crippen LogP contribution in [-0.4, -0.2) is 49.2 Å². The first kappa shape index (κ1) is 18.4. The summed E-state index contributed by atoms with van der Waals surface area (Å²) in [4.78, 5) is 21.8. The number of nitrogens with zero attached hydrogens (tertiary/aromatic N) is 5. The van der Waals surface area contributed by atoms with Gasteiger partial charge in [0, 0.05) is 18.0 Å². The Morgan fingerprint density at radius 2 is 2.07 bits per heavy atom. The molecule has 0 radical (unpaired) electrons. The summed E-state index contributed by atoms with van der Waals surface area (Å²) in [5.41, 5.74) is 2.31. The van der Waals surface area contributed by atoms with Gasteiger partial charge in [0.15, 0.2) is 10.8 Å². The molecule has 0 bridgehead atoms. The van der Waals surface area contributed by atoms with E-state index in [1.165, 1.54) is 46.9 Å². The van der Waals surface area contributed by atoms with E-state index in [1.807, 2.05) is 15.6 Å². The summed E-state index contributed by atoms with van der Waals surface area (Å²) in [5.74, 6) is 1.36. The molecule has 0 aromatic carbocycles. The Balaban J connectivity index is 1.40. The van der Waals surface area contributed by atoms with Gasteiger partial charge in [-0.25, -0.2) is 4.98 Å². The minimum atomic E-state index is 0.208. The molecule has 6 nitrogen and oxygen atoms in total. The highest BCUT2D eigenvalue weighted by atomic mass is 32.2. The lowest BCUT2D eigenvalue weighted by Gasteiger charge is -2.19. The summed E-state index contributed by atoms with van der Waals surface area (Å²) < 4.78 is 1.97. The number of carbonyl (C=O) groups excluding carboxylic acids is 1. The van der Waals surface area contributed by atoms with Crippen molar-refractivity contribution < 1.29 is 4.79 Å². The average molecular weight is 416 g/mol. The monoisotopic (exact) mass is 415 g/mol. The topological polar surface area (TPSA) is 63.4 Å². The van der Waals surface area contributed by atoms with Gasteiger partial charge in [-0.3, -0.25) is 9.20 Å². The number of fused-ring (bicyclic) bond motifs is 5. The summed E-state index contributed by atoms with van der Waals surface area (Å²) in [6.45, 7) is 4.10. The van der Waals surface area contributed by atoms with Gasteiger partial charge in [0.1, 0.15) is 11.2 Å². The lowest BCUT2D eigenvalue weighted by atomic mass is 9.89. The number of aromatic nitrogens is 4. The second kappa shape index (κ2) is 7.63. The van der Waals surface area contributed by atoms with E-state index in [9.17, 15) is 4.79 Å². The van der Waals surface area contributed by atoms with E-state index in [0.717, 1.165) is 60.3 Å². The van der Waals surface area contributed by atoms with Crippen molar-refractivity contribution in [3.63, 3.8) is 0 Å². The standard InChI is InChI=1S/C20H25N5OS2/c1-13-6-7-14-15(10-13)28-19-17(14)18-22-23-20(25(18)12-21-19)27-11-16(26)24-8-4-2-3-5-9-24/h12-13H,2-11H2,1H3. The smallest absolute Gasteiger partial charge is 0.233 e. The van der Waals surface area contributed by atoms with Gasteiger partial charge in [0.25, 0.3) is 0 Å². The van der Waals surface area contributed by atoms with E-state index in [4.69, 9.17) is 4.98 Å². The Bertz CT molecular complexity index is 1020. The van der Waals surface area contributed by atoms with Crippen LogP contribution >= 0.6 is 23.1 Å². The Morgan fingerprint density at radius 3 is 2.89 bits per heavy atom. The zero-order valence-electron chi connectivity index (χ0n) is 16.2. The number of hydrogen-bond acceptors (Lipinski definition) is 6. The van der Waals surface area contributed by atoms with Crippen molar-refractivity contribution in [3.05, 3.63) is 16.8 Å². The predicted molar refractivity (Wildman–Crippen MR) is 113 cm³/mol. The number of amides is 1. The molecule has 3 aromatic heterocycles. The Kier molecular flexibility index (Phi) is 5.00. The quantitative estimate of drug-likeness (QED) is 0.606. The fourth-order valence-electron chi connectivity index (χ4n) is 4.36. The van der Waals surface area contributed by atoms with Crippen LogP contribution in [0.4, 0.5) is 0 Å². The molecule has 0 N–H and O–H groups in total. The highest BCUT2D eigenvalue weighted by Gasteiger charge is 2.24. The average Bonchev–Trinajstić information content (AvgIpc) is 3.14. The van der Waals surface area contributed by atoms with Crippen molar-refractivity contribution in [2.24, 2.45) is 5.92 Å². The predicted octanol–water partition coefficient (Wildman–Crippen LogP) is 3.96. The first-order valence-corrected chi connectivity index (χ1v) is 12.1. The SMILES string of the molecule is CC1CCc2c(sc3ncn4c(SCC(=O)N5CCCCCC5)nnc4c23)C1. The molecule has 1 fully saturated rings. The number of aryl methyl sites for hydroxylation is 1. The minimum absolute atomic E-state index is 0.208. The maximum Gasteiger partial charge on any atom is 0.233 e. The third kappa shape index (κ3) is 3.30. The van der Waals surface area contributed by atoms with Gasteiger partial charge in [-0.05, 0) is 43.6 Å². The molecule has 8 heteroatoms. The molecule has 3 aromatic rings. The molecular weight excluding hydrogens is 390 g/mol. The van der Waals surface area contributed by atoms with E-state index in [-0.39, 0.29) is 5.91 Å². The molecular formula is C20H25N5OS2. The van der Waals surface area contributed by atoms with Crippen molar-refractivity contribution in [2.45, 2.75) is 57.0 Å². The van der Waals surface area contributed by atoms with Crippen LogP contribution in [0.5, 0.6) is 0 Å². The summed E-state index contributed by atoms with van der Waals surface area (Å²) >= 11 is 3.28. The molecule has 1 atom stereocenters. The summed E-state index contributed by atoms with van der Waals surface area (Å²) in [6.07, 6.45) is 9.99. The zero-order valence-corrected chi connectivity index (χ0v) is 17.8. The van der Waals surface area contributed by atoms with Crippen molar-refractivity contribution in [1.29, 1.82) is 0 Å². The van der Waals surface area contributed by atoms with Gasteiger partial charge >= 0.3 is 0 Å². The lowest BCUT2D eigenvalue weighted by molar-refractivity contribution is -0.128. The molecule has 1 saturated heterocycles. The number of carbonyl (C=O) groups is 1. The second-order valence-electron chi connectivity index (χ2n) is 8.04. The third-order valence-electron chi connectivity index (χ3n) is 5.96. The molecule has 1 aliphatic carbocycles. The first-order chi connectivity index (χ1) is 13.7. The van der Waals surface area contributed by atoms with Crippen LogP contribution in [0.2, 0.25) is 0 Å². The zero-order chi connectivity index (χ0) is 19.1. The van der Waals surface area contributed by atoms with Crippen molar-refractivity contribution in [1.82, 2.24) is 24.5 Å². The van der Waals surface area contributed by atoms with Crippen LogP contribution < -0.4 is 0 Å². The molecule has 5 rings (SSSR count). The Labute approximate surface area is 172 Å². The van der Waals surface area contributed by atoms with Crippen LogP contribution in [0.3, 0.4) is 0 Å². The molecule has 1 amide bonds. The summed E-state index contributed by atoms with van der Waals surface area (Å²) in [5, 5.41) is 10.8. The normalized spacial score (nSPS) is 20.5. The van der Waals surface area contributed by atoms with E-state index in [2.05, 4.69) is 17.1 Å². The number of likely N-dealkylation sites (tertiary alicyclic amines) is 1. The number of thiophene rings is 1. The summed E-state index contributed by atoms with van der Waals surface area (Å²) in [6, 6.07) is 0. The van der Waals surface area contributed by atoms with Crippen LogP contribution in [0, 0.1) is 5.92 Å². The number of rotatable bonds is 3. The summed E-state index contributed by atoms with van der Waals surface area (Å²) in [7, 11) is 0. The van der Waals surface area contributed by atoms with E-state index >= 15 is 0 Å². The fourth-order valence-corrected chi connectivity index (χ4v) is 6.51. The van der Waals surface area contributed by atoms with E-state index in [0.29, 0.717) is 5.75 Å². The Morgan fingerprint density at radius 1 is 1.25 bits per heavy atom. The number of thioether (sulfide) groups is 1. The second-order valence-corrected chi connectivity index (χ2v) is 10.1. The lowest BCUT2D eigenvalue weighted by Crippen LogP contribution is -2.33. The highest BCUT2D eigenvalue weighted by molar-refractivity contribution is 7.99. The van der Waals surface area contributed by atoms with Gasteiger partial charge in [-0.15, -0.1) is 21.5 Å². The molecule has 0 saturated carbocycles. The van der Waals surface area contributed by atoms with Crippen molar-refractivity contribution in [2.75, 3.05) is 18.8 Å². The largest absolute Gasteiger partial charge is 0.342 e. The van der Waals surface area contributed by atoms with Crippen LogP contribution in [0.1, 0.15) is 49.5 Å². The van der Waals surface area contributed by atoms with Gasteiger partial charge in [0.05, 0.1) is 11.1 Å². The van der Waals surface area contributed by atoms with Gasteiger partial charge in [-0.1, -0.05) is 31.5 Å². The molecule has 4 heterocycles. The van der Waals surface area contributed by atoms with Crippen LogP contribution in [0.25, 0.3) is 15.9 Å². The third-order valence-corrected chi connectivity index (χ3v) is 8.05. The highest BCUT2D eigenvalue weighted by Crippen LogP contribution is 2.39. The Hall–Kier alpha value is -1.67. The van der Waals surface area contributed by atoms with Crippen LogP contribution in [-0.2, 0) is 17.6 Å². The molecule has 1 aliphatic heterocycles. The van der Waals surface area contributed by atoms with Crippen LogP contribution in [0.15, 0.2) is 11.5 Å². The first-order valence-electron chi connectivity index (χ1n) is 10.3. The fraction of sp³-hybridized carbons (Fsp3) is 0.600. The van der Waals surface area contributed by atoms with Crippen molar-refractivity contribution >= 4 is 44.9 Å². The van der Waals surface area contributed by atoms with E-state index < -0.39 is 0 Å². The maximum atomic E-state index is 12.6. The molecule has 1 unspecified atom stereocenters. The van der Waals surface area contributed by atoms with Gasteiger partial charge in [-0.2, -0.15) is 0 Å². The van der Waals surface area contributed by atoms with E-state index in [1.54, 1.807) is 11.3 Å². The molecule has 28 heavy (non-hydrogen) atoms.